The first-order valence-electron chi connectivity index (χ1n) is 8.63. The lowest BCUT2D eigenvalue weighted by molar-refractivity contribution is 0.102. The van der Waals surface area contributed by atoms with E-state index in [1.807, 2.05) is 0 Å². The van der Waals surface area contributed by atoms with Gasteiger partial charge in [0.1, 0.15) is 11.6 Å². The van der Waals surface area contributed by atoms with Crippen molar-refractivity contribution in [2.45, 2.75) is 11.8 Å². The number of carbonyl (C=O) groups excluding carboxylic acids is 1. The van der Waals surface area contributed by atoms with Crippen LogP contribution in [-0.4, -0.2) is 21.4 Å². The zero-order chi connectivity index (χ0) is 21.0. The summed E-state index contributed by atoms with van der Waals surface area (Å²) in [6.45, 7) is 1.71. The second-order valence-corrected chi connectivity index (χ2v) is 7.96. The summed E-state index contributed by atoms with van der Waals surface area (Å²) in [6, 6.07) is 16.0. The summed E-state index contributed by atoms with van der Waals surface area (Å²) in [7, 11) is -2.43. The Morgan fingerprint density at radius 3 is 2.38 bits per heavy atom. The van der Waals surface area contributed by atoms with Crippen molar-refractivity contribution in [3.05, 3.63) is 83.7 Å². The minimum Gasteiger partial charge on any atom is -0.497 e. The monoisotopic (exact) mass is 414 g/mol. The Kier molecular flexibility index (Phi) is 5.84. The van der Waals surface area contributed by atoms with Crippen LogP contribution in [0.25, 0.3) is 0 Å². The summed E-state index contributed by atoms with van der Waals surface area (Å²) < 4.78 is 45.8. The summed E-state index contributed by atoms with van der Waals surface area (Å²) in [6.07, 6.45) is 0. The first-order valence-corrected chi connectivity index (χ1v) is 10.1. The van der Waals surface area contributed by atoms with Crippen molar-refractivity contribution in [3.63, 3.8) is 0 Å². The molecule has 3 rings (SSSR count). The van der Waals surface area contributed by atoms with Crippen molar-refractivity contribution in [3.8, 4) is 5.75 Å². The van der Waals surface area contributed by atoms with Crippen LogP contribution in [0.5, 0.6) is 5.75 Å². The van der Waals surface area contributed by atoms with Gasteiger partial charge in [-0.25, -0.2) is 12.8 Å². The van der Waals surface area contributed by atoms with E-state index >= 15 is 0 Å². The van der Waals surface area contributed by atoms with Crippen molar-refractivity contribution in [1.82, 2.24) is 0 Å². The van der Waals surface area contributed by atoms with Crippen LogP contribution in [0.1, 0.15) is 15.9 Å². The maximum Gasteiger partial charge on any atom is 0.261 e. The van der Waals surface area contributed by atoms with E-state index in [2.05, 4.69) is 10.0 Å². The molecule has 1 amide bonds. The molecule has 3 aromatic carbocycles. The van der Waals surface area contributed by atoms with Gasteiger partial charge in [-0.05, 0) is 61.0 Å². The Morgan fingerprint density at radius 1 is 0.966 bits per heavy atom. The third kappa shape index (κ3) is 4.91. The fourth-order valence-corrected chi connectivity index (χ4v) is 3.73. The molecule has 150 valence electrons. The summed E-state index contributed by atoms with van der Waals surface area (Å²) in [5.41, 5.74) is 1.57. The zero-order valence-electron chi connectivity index (χ0n) is 15.8. The largest absolute Gasteiger partial charge is 0.497 e. The Labute approximate surface area is 168 Å². The van der Waals surface area contributed by atoms with Crippen LogP contribution < -0.4 is 14.8 Å². The van der Waals surface area contributed by atoms with Crippen molar-refractivity contribution >= 4 is 27.3 Å². The molecule has 29 heavy (non-hydrogen) atoms. The third-order valence-electron chi connectivity index (χ3n) is 4.19. The number of hydrogen-bond donors (Lipinski definition) is 2. The molecule has 3 aromatic rings. The van der Waals surface area contributed by atoms with Crippen molar-refractivity contribution in [2.24, 2.45) is 0 Å². The van der Waals surface area contributed by atoms with E-state index in [1.54, 1.807) is 37.3 Å². The van der Waals surface area contributed by atoms with Gasteiger partial charge >= 0.3 is 0 Å². The van der Waals surface area contributed by atoms with E-state index in [0.29, 0.717) is 17.0 Å². The molecule has 0 aliphatic heterocycles. The molecule has 0 aliphatic rings. The molecule has 0 spiro atoms. The van der Waals surface area contributed by atoms with E-state index in [0.717, 1.165) is 12.1 Å². The number of amides is 1. The highest BCUT2D eigenvalue weighted by atomic mass is 32.2. The minimum atomic E-state index is -3.95. The summed E-state index contributed by atoms with van der Waals surface area (Å²) in [5.74, 6) is -0.339. The van der Waals surface area contributed by atoms with E-state index < -0.39 is 21.7 Å². The smallest absolute Gasteiger partial charge is 0.261 e. The van der Waals surface area contributed by atoms with E-state index in [4.69, 9.17) is 4.74 Å². The summed E-state index contributed by atoms with van der Waals surface area (Å²) in [5, 5.41) is 2.73. The molecule has 0 heterocycles. The molecule has 6 nitrogen and oxygen atoms in total. The van der Waals surface area contributed by atoms with Crippen LogP contribution in [0.4, 0.5) is 15.8 Å². The Bertz CT molecular complexity index is 1150. The van der Waals surface area contributed by atoms with Crippen LogP contribution in [-0.2, 0) is 10.0 Å². The highest BCUT2D eigenvalue weighted by Gasteiger charge is 2.18. The van der Waals surface area contributed by atoms with Gasteiger partial charge in [-0.15, -0.1) is 0 Å². The SMILES string of the molecule is COc1cccc(NC(=O)c2cc(S(=O)(=O)Nc3ccc(F)cc3)ccc2C)c1. The number of carbonyl (C=O) groups is 1. The molecule has 0 aliphatic carbocycles. The predicted molar refractivity (Wildman–Crippen MR) is 109 cm³/mol. The topological polar surface area (TPSA) is 84.5 Å². The van der Waals surface area contributed by atoms with Gasteiger partial charge in [-0.1, -0.05) is 12.1 Å². The van der Waals surface area contributed by atoms with Gasteiger partial charge < -0.3 is 10.1 Å². The average molecular weight is 414 g/mol. The lowest BCUT2D eigenvalue weighted by Crippen LogP contribution is -2.17. The second kappa shape index (κ2) is 8.32. The first kappa shape index (κ1) is 20.3. The number of halogens is 1. The lowest BCUT2D eigenvalue weighted by Gasteiger charge is -2.12. The maximum atomic E-state index is 13.0. The lowest BCUT2D eigenvalue weighted by atomic mass is 10.1. The molecule has 2 N–H and O–H groups in total. The molecule has 8 heteroatoms. The van der Waals surface area contributed by atoms with Crippen LogP contribution in [0, 0.1) is 12.7 Å². The van der Waals surface area contributed by atoms with Gasteiger partial charge in [0.15, 0.2) is 0 Å². The number of nitrogens with one attached hydrogen (secondary N) is 2. The Morgan fingerprint density at radius 2 is 1.69 bits per heavy atom. The number of aryl methyl sites for hydroxylation is 1. The number of ether oxygens (including phenoxy) is 1. The van der Waals surface area contributed by atoms with Gasteiger partial charge in [-0.3, -0.25) is 9.52 Å². The number of rotatable bonds is 6. The summed E-state index contributed by atoms with van der Waals surface area (Å²) in [4.78, 5) is 12.6. The van der Waals surface area contributed by atoms with Gasteiger partial charge in [0.2, 0.25) is 0 Å². The number of anilines is 2. The quantitative estimate of drug-likeness (QED) is 0.633. The highest BCUT2D eigenvalue weighted by Crippen LogP contribution is 2.22. The minimum absolute atomic E-state index is 0.0804. The second-order valence-electron chi connectivity index (χ2n) is 6.28. The number of benzene rings is 3. The molecule has 0 saturated heterocycles. The Balaban J connectivity index is 1.86. The third-order valence-corrected chi connectivity index (χ3v) is 5.57. The number of sulfonamides is 1. The normalized spacial score (nSPS) is 11.0. The van der Waals surface area contributed by atoms with Gasteiger partial charge in [-0.2, -0.15) is 0 Å². The number of hydrogen-bond acceptors (Lipinski definition) is 4. The fraction of sp³-hybridized carbons (Fsp3) is 0.0952. The van der Waals surface area contributed by atoms with Crippen LogP contribution in [0.3, 0.4) is 0 Å². The van der Waals surface area contributed by atoms with E-state index in [9.17, 15) is 17.6 Å². The molecule has 0 fully saturated rings. The molecule has 0 radical (unpaired) electrons. The average Bonchev–Trinajstić information content (AvgIpc) is 2.69. The molecular weight excluding hydrogens is 395 g/mol. The highest BCUT2D eigenvalue weighted by molar-refractivity contribution is 7.92. The van der Waals surface area contributed by atoms with E-state index in [-0.39, 0.29) is 16.1 Å². The van der Waals surface area contributed by atoms with Gasteiger partial charge in [0.25, 0.3) is 15.9 Å². The summed E-state index contributed by atoms with van der Waals surface area (Å²) >= 11 is 0. The maximum absolute atomic E-state index is 13.0. The molecule has 0 bridgehead atoms. The van der Waals surface area contributed by atoms with Crippen LogP contribution >= 0.6 is 0 Å². The van der Waals surface area contributed by atoms with Crippen molar-refractivity contribution < 1.29 is 22.3 Å². The van der Waals surface area contributed by atoms with Crippen LogP contribution in [0.2, 0.25) is 0 Å². The molecule has 0 atom stereocenters. The van der Waals surface area contributed by atoms with Crippen molar-refractivity contribution in [2.75, 3.05) is 17.1 Å². The van der Waals surface area contributed by atoms with E-state index in [1.165, 1.54) is 31.4 Å². The Hall–Kier alpha value is -3.39. The van der Waals surface area contributed by atoms with Gasteiger partial charge in [0.05, 0.1) is 12.0 Å². The van der Waals surface area contributed by atoms with Crippen molar-refractivity contribution in [1.29, 1.82) is 0 Å². The zero-order valence-corrected chi connectivity index (χ0v) is 16.6. The molecular formula is C21H19FN2O4S. The molecule has 0 aromatic heterocycles. The molecule has 0 unspecified atom stereocenters. The van der Waals surface area contributed by atoms with Crippen LogP contribution in [0.15, 0.2) is 71.6 Å². The van der Waals surface area contributed by atoms with Gasteiger partial charge in [0, 0.05) is 23.0 Å². The predicted octanol–water partition coefficient (Wildman–Crippen LogP) is 4.20. The fourth-order valence-electron chi connectivity index (χ4n) is 2.64. The first-order chi connectivity index (χ1) is 13.8. The standard InChI is InChI=1S/C21H19FN2O4S/c1-14-6-11-19(29(26,27)24-16-9-7-15(22)8-10-16)13-20(14)21(25)23-17-4-3-5-18(12-17)28-2/h3-13,24H,1-2H3,(H,23,25). The number of methoxy groups -OCH3 is 1. The molecule has 0 saturated carbocycles.